The molecule has 0 radical (unpaired) electrons. The first-order chi connectivity index (χ1) is 9.28. The standard InChI is InChI=1S/C13H13F3N2O2/c1-9(19)18-7-3-2-4-10-5-6-11(8-12(10)17)20-13(14,15)16/h5-6,8H,3,7,17H2,1H3,(H,18,19). The van der Waals surface area contributed by atoms with E-state index < -0.39 is 12.1 Å². The molecule has 0 fully saturated rings. The second-order valence-electron chi connectivity index (χ2n) is 3.83. The lowest BCUT2D eigenvalue weighted by Crippen LogP contribution is -2.20. The fraction of sp³-hybridized carbons (Fsp3) is 0.308. The van der Waals surface area contributed by atoms with E-state index in [1.165, 1.54) is 13.0 Å². The Morgan fingerprint density at radius 1 is 1.45 bits per heavy atom. The third-order valence-corrected chi connectivity index (χ3v) is 2.10. The average Bonchev–Trinajstić information content (AvgIpc) is 2.28. The molecule has 0 aliphatic heterocycles. The molecule has 0 unspecified atom stereocenters. The van der Waals surface area contributed by atoms with E-state index in [0.717, 1.165) is 12.1 Å². The molecule has 1 rings (SSSR count). The quantitative estimate of drug-likeness (QED) is 0.508. The van der Waals surface area contributed by atoms with E-state index in [1.807, 2.05) is 0 Å². The predicted molar refractivity (Wildman–Crippen MR) is 67.7 cm³/mol. The number of alkyl halides is 3. The van der Waals surface area contributed by atoms with Crippen LogP contribution in [0.25, 0.3) is 0 Å². The van der Waals surface area contributed by atoms with Gasteiger partial charge in [-0.15, -0.1) is 13.2 Å². The average molecular weight is 286 g/mol. The van der Waals surface area contributed by atoms with Gasteiger partial charge in [-0.2, -0.15) is 0 Å². The van der Waals surface area contributed by atoms with Crippen molar-refractivity contribution in [2.24, 2.45) is 0 Å². The summed E-state index contributed by atoms with van der Waals surface area (Å²) in [6, 6.07) is 3.55. The van der Waals surface area contributed by atoms with Crippen molar-refractivity contribution in [3.05, 3.63) is 23.8 Å². The molecule has 4 nitrogen and oxygen atoms in total. The van der Waals surface area contributed by atoms with Crippen LogP contribution in [-0.4, -0.2) is 18.8 Å². The number of nitrogens with one attached hydrogen (secondary N) is 1. The van der Waals surface area contributed by atoms with Crippen molar-refractivity contribution in [1.29, 1.82) is 0 Å². The van der Waals surface area contributed by atoms with Crippen LogP contribution in [0.15, 0.2) is 18.2 Å². The summed E-state index contributed by atoms with van der Waals surface area (Å²) < 4.78 is 39.7. The van der Waals surface area contributed by atoms with Crippen molar-refractivity contribution < 1.29 is 22.7 Å². The van der Waals surface area contributed by atoms with Crippen LogP contribution in [0, 0.1) is 11.8 Å². The van der Waals surface area contributed by atoms with Crippen LogP contribution >= 0.6 is 0 Å². The van der Waals surface area contributed by atoms with E-state index in [9.17, 15) is 18.0 Å². The number of benzene rings is 1. The predicted octanol–water partition coefficient (Wildman–Crippen LogP) is 2.05. The van der Waals surface area contributed by atoms with E-state index in [2.05, 4.69) is 21.9 Å². The van der Waals surface area contributed by atoms with Gasteiger partial charge in [0.15, 0.2) is 0 Å². The number of carbonyl (C=O) groups is 1. The largest absolute Gasteiger partial charge is 0.573 e. The van der Waals surface area contributed by atoms with Gasteiger partial charge >= 0.3 is 6.36 Å². The Labute approximate surface area is 114 Å². The van der Waals surface area contributed by atoms with Gasteiger partial charge in [0.2, 0.25) is 5.91 Å². The maximum atomic E-state index is 12.0. The lowest BCUT2D eigenvalue weighted by molar-refractivity contribution is -0.274. The highest BCUT2D eigenvalue weighted by Gasteiger charge is 2.31. The van der Waals surface area contributed by atoms with Crippen molar-refractivity contribution in [1.82, 2.24) is 5.32 Å². The Morgan fingerprint density at radius 3 is 2.70 bits per heavy atom. The highest BCUT2D eigenvalue weighted by atomic mass is 19.4. The lowest BCUT2D eigenvalue weighted by atomic mass is 10.1. The summed E-state index contributed by atoms with van der Waals surface area (Å²) in [6.45, 7) is 1.79. The fourth-order valence-corrected chi connectivity index (χ4v) is 1.31. The van der Waals surface area contributed by atoms with E-state index in [-0.39, 0.29) is 11.6 Å². The summed E-state index contributed by atoms with van der Waals surface area (Å²) in [4.78, 5) is 10.6. The number of hydrogen-bond donors (Lipinski definition) is 2. The molecular formula is C13H13F3N2O2. The first-order valence-corrected chi connectivity index (χ1v) is 5.66. The Kier molecular flexibility index (Phi) is 5.26. The molecule has 3 N–H and O–H groups in total. The number of rotatable bonds is 3. The van der Waals surface area contributed by atoms with Gasteiger partial charge in [-0.05, 0) is 12.1 Å². The highest BCUT2D eigenvalue weighted by Crippen LogP contribution is 2.25. The number of nitrogens with two attached hydrogens (primary N) is 1. The Hall–Kier alpha value is -2.36. The van der Waals surface area contributed by atoms with Gasteiger partial charge in [-0.1, -0.05) is 11.8 Å². The number of ether oxygens (including phenoxy) is 1. The molecule has 1 amide bonds. The van der Waals surface area contributed by atoms with Crippen molar-refractivity contribution in [2.45, 2.75) is 19.7 Å². The summed E-state index contributed by atoms with van der Waals surface area (Å²) in [5.41, 5.74) is 6.08. The van der Waals surface area contributed by atoms with Crippen LogP contribution in [0.3, 0.4) is 0 Å². The smallest absolute Gasteiger partial charge is 0.406 e. The molecule has 0 aromatic heterocycles. The van der Waals surface area contributed by atoms with Crippen LogP contribution in [0.2, 0.25) is 0 Å². The molecular weight excluding hydrogens is 273 g/mol. The lowest BCUT2D eigenvalue weighted by Gasteiger charge is -2.09. The summed E-state index contributed by atoms with van der Waals surface area (Å²) in [7, 11) is 0. The van der Waals surface area contributed by atoms with Gasteiger partial charge in [0, 0.05) is 31.5 Å². The molecule has 0 bridgehead atoms. The fourth-order valence-electron chi connectivity index (χ4n) is 1.31. The van der Waals surface area contributed by atoms with Gasteiger partial charge in [-0.3, -0.25) is 4.79 Å². The molecule has 7 heteroatoms. The van der Waals surface area contributed by atoms with Gasteiger partial charge < -0.3 is 15.8 Å². The first-order valence-electron chi connectivity index (χ1n) is 5.66. The first kappa shape index (κ1) is 15.7. The molecule has 0 heterocycles. The summed E-state index contributed by atoms with van der Waals surface area (Å²) in [6.07, 6.45) is -4.34. The van der Waals surface area contributed by atoms with Crippen molar-refractivity contribution in [3.63, 3.8) is 0 Å². The summed E-state index contributed by atoms with van der Waals surface area (Å²) >= 11 is 0. The number of anilines is 1. The zero-order chi connectivity index (χ0) is 15.2. The van der Waals surface area contributed by atoms with Gasteiger partial charge in [0.05, 0.1) is 5.69 Å². The molecule has 0 saturated carbocycles. The normalized spacial score (nSPS) is 10.4. The third kappa shape index (κ3) is 6.00. The molecule has 0 spiro atoms. The molecule has 1 aromatic carbocycles. The van der Waals surface area contributed by atoms with E-state index in [1.54, 1.807) is 0 Å². The molecule has 0 aliphatic carbocycles. The number of amides is 1. The van der Waals surface area contributed by atoms with Gasteiger partial charge in [0.25, 0.3) is 0 Å². The van der Waals surface area contributed by atoms with Crippen molar-refractivity contribution >= 4 is 11.6 Å². The van der Waals surface area contributed by atoms with Crippen LogP contribution in [0.1, 0.15) is 18.9 Å². The maximum absolute atomic E-state index is 12.0. The number of nitrogen functional groups attached to an aromatic ring is 1. The third-order valence-electron chi connectivity index (χ3n) is 2.10. The van der Waals surface area contributed by atoms with E-state index in [4.69, 9.17) is 5.73 Å². The second-order valence-corrected chi connectivity index (χ2v) is 3.83. The molecule has 1 aromatic rings. The monoisotopic (exact) mass is 286 g/mol. The number of carbonyl (C=O) groups excluding carboxylic acids is 1. The van der Waals surface area contributed by atoms with Crippen LogP contribution in [-0.2, 0) is 4.79 Å². The topological polar surface area (TPSA) is 64.3 Å². The van der Waals surface area contributed by atoms with Crippen LogP contribution in [0.5, 0.6) is 5.75 Å². The van der Waals surface area contributed by atoms with Crippen LogP contribution < -0.4 is 15.8 Å². The summed E-state index contributed by atoms with van der Waals surface area (Å²) in [5.74, 6) is 4.93. The number of hydrogen-bond acceptors (Lipinski definition) is 3. The van der Waals surface area contributed by atoms with E-state index >= 15 is 0 Å². The highest BCUT2D eigenvalue weighted by molar-refractivity contribution is 5.72. The molecule has 0 saturated heterocycles. The zero-order valence-electron chi connectivity index (χ0n) is 10.7. The summed E-state index contributed by atoms with van der Waals surface area (Å²) in [5, 5.41) is 2.56. The minimum atomic E-state index is -4.75. The Morgan fingerprint density at radius 2 is 2.15 bits per heavy atom. The van der Waals surface area contributed by atoms with Gasteiger partial charge in [-0.25, -0.2) is 0 Å². The molecule has 108 valence electrons. The molecule has 20 heavy (non-hydrogen) atoms. The Balaban J connectivity index is 2.65. The molecule has 0 atom stereocenters. The van der Waals surface area contributed by atoms with Crippen molar-refractivity contribution in [2.75, 3.05) is 12.3 Å². The maximum Gasteiger partial charge on any atom is 0.573 e. The van der Waals surface area contributed by atoms with Crippen LogP contribution in [0.4, 0.5) is 18.9 Å². The van der Waals surface area contributed by atoms with Gasteiger partial charge in [0.1, 0.15) is 5.75 Å². The van der Waals surface area contributed by atoms with E-state index in [0.29, 0.717) is 18.5 Å². The zero-order valence-corrected chi connectivity index (χ0v) is 10.7. The van der Waals surface area contributed by atoms with Crippen molar-refractivity contribution in [3.8, 4) is 17.6 Å². The number of halogens is 3. The molecule has 0 aliphatic rings. The second kappa shape index (κ2) is 6.70. The Bertz CT molecular complexity index is 545. The minimum Gasteiger partial charge on any atom is -0.406 e. The SMILES string of the molecule is CC(=O)NCCC#Cc1ccc(OC(F)(F)F)cc1N. The minimum absolute atomic E-state index is 0.0961.